The largest absolute Gasteiger partial charge is 0.294 e. The van der Waals surface area contributed by atoms with E-state index < -0.39 is 0 Å². The molecular weight excluding hydrogens is 148 g/mol. The van der Waals surface area contributed by atoms with E-state index in [-0.39, 0.29) is 0 Å². The number of hydrogen-bond donors (Lipinski definition) is 0. The van der Waals surface area contributed by atoms with E-state index in [1.165, 1.54) is 12.0 Å². The van der Waals surface area contributed by atoms with Gasteiger partial charge in [-0.3, -0.25) is 4.79 Å². The second kappa shape index (κ2) is 2.89. The highest BCUT2D eigenvalue weighted by molar-refractivity contribution is 6.01. The third kappa shape index (κ3) is 1.13. The number of Topliss-reactive ketones (excluding diaryl/α,β-unsaturated/α-hetero) is 1. The van der Waals surface area contributed by atoms with Gasteiger partial charge in [-0.1, -0.05) is 24.6 Å². The van der Waals surface area contributed by atoms with E-state index in [4.69, 9.17) is 0 Å². The van der Waals surface area contributed by atoms with Crippen LogP contribution in [0, 0.1) is 5.92 Å². The minimum atomic E-state index is 0.356. The summed E-state index contributed by atoms with van der Waals surface area (Å²) in [4.78, 5) is 11.4. The first kappa shape index (κ1) is 7.78. The molecule has 0 fully saturated rings. The highest BCUT2D eigenvalue weighted by Gasteiger charge is 2.25. The zero-order valence-corrected chi connectivity index (χ0v) is 7.47. The van der Waals surface area contributed by atoms with Crippen molar-refractivity contribution in [3.8, 4) is 0 Å². The van der Waals surface area contributed by atoms with Gasteiger partial charge in [0.25, 0.3) is 0 Å². The standard InChI is InChI=1S/C11H14O/c1-8-4-2-3-5-10-9(8)6-7-11(10)12/h3,5,8H,2,4,6-7H2,1H3. The van der Waals surface area contributed by atoms with Gasteiger partial charge in [-0.15, -0.1) is 0 Å². The molecule has 0 saturated heterocycles. The Labute approximate surface area is 73.2 Å². The molecule has 1 atom stereocenters. The van der Waals surface area contributed by atoms with Gasteiger partial charge < -0.3 is 0 Å². The lowest BCUT2D eigenvalue weighted by Gasteiger charge is -2.09. The van der Waals surface area contributed by atoms with Crippen molar-refractivity contribution in [3.05, 3.63) is 23.3 Å². The SMILES string of the molecule is CC1CCC=CC2=C1CCC2=O. The zero-order valence-electron chi connectivity index (χ0n) is 7.47. The van der Waals surface area contributed by atoms with E-state index in [9.17, 15) is 4.79 Å². The quantitative estimate of drug-likeness (QED) is 0.535. The Hall–Kier alpha value is -0.850. The first-order valence-electron chi connectivity index (χ1n) is 4.72. The van der Waals surface area contributed by atoms with Gasteiger partial charge in [0.1, 0.15) is 0 Å². The van der Waals surface area contributed by atoms with Gasteiger partial charge in [-0.2, -0.15) is 0 Å². The van der Waals surface area contributed by atoms with Crippen LogP contribution in [-0.4, -0.2) is 5.78 Å². The van der Waals surface area contributed by atoms with Crippen molar-refractivity contribution < 1.29 is 4.79 Å². The Morgan fingerprint density at radius 3 is 3.08 bits per heavy atom. The summed E-state index contributed by atoms with van der Waals surface area (Å²) in [6, 6.07) is 0. The molecule has 0 amide bonds. The summed E-state index contributed by atoms with van der Waals surface area (Å²) in [7, 11) is 0. The van der Waals surface area contributed by atoms with Gasteiger partial charge in [0.05, 0.1) is 0 Å². The number of allylic oxidation sites excluding steroid dienone is 4. The second-order valence-corrected chi connectivity index (χ2v) is 3.74. The molecule has 0 heterocycles. The second-order valence-electron chi connectivity index (χ2n) is 3.74. The molecule has 64 valence electrons. The topological polar surface area (TPSA) is 17.1 Å². The molecule has 0 radical (unpaired) electrons. The van der Waals surface area contributed by atoms with Crippen LogP contribution in [-0.2, 0) is 4.79 Å². The average molecular weight is 162 g/mol. The molecule has 1 nitrogen and oxygen atoms in total. The molecule has 1 unspecified atom stereocenters. The summed E-state index contributed by atoms with van der Waals surface area (Å²) in [5.74, 6) is 0.983. The third-order valence-electron chi connectivity index (χ3n) is 2.91. The van der Waals surface area contributed by atoms with Gasteiger partial charge in [-0.25, -0.2) is 0 Å². The van der Waals surface area contributed by atoms with Crippen LogP contribution < -0.4 is 0 Å². The van der Waals surface area contributed by atoms with Crippen LogP contribution in [0.3, 0.4) is 0 Å². The van der Waals surface area contributed by atoms with E-state index in [1.807, 2.05) is 6.08 Å². The van der Waals surface area contributed by atoms with Gasteiger partial charge >= 0.3 is 0 Å². The predicted octanol–water partition coefficient (Wildman–Crippen LogP) is 2.63. The van der Waals surface area contributed by atoms with E-state index in [1.54, 1.807) is 0 Å². The van der Waals surface area contributed by atoms with E-state index in [0.717, 1.165) is 24.8 Å². The summed E-state index contributed by atoms with van der Waals surface area (Å²) in [6.45, 7) is 2.24. The van der Waals surface area contributed by atoms with Gasteiger partial charge in [0, 0.05) is 12.0 Å². The smallest absolute Gasteiger partial charge is 0.163 e. The molecule has 12 heavy (non-hydrogen) atoms. The Kier molecular flexibility index (Phi) is 1.87. The maximum atomic E-state index is 11.4. The fourth-order valence-corrected chi connectivity index (χ4v) is 2.13. The fourth-order valence-electron chi connectivity index (χ4n) is 2.13. The van der Waals surface area contributed by atoms with Crippen LogP contribution in [0.1, 0.15) is 32.6 Å². The van der Waals surface area contributed by atoms with Crippen molar-refractivity contribution in [2.45, 2.75) is 32.6 Å². The summed E-state index contributed by atoms with van der Waals surface area (Å²) in [5, 5.41) is 0. The number of ketones is 1. The molecule has 0 aromatic heterocycles. The summed E-state index contributed by atoms with van der Waals surface area (Å²) < 4.78 is 0. The van der Waals surface area contributed by atoms with Crippen LogP contribution in [0.4, 0.5) is 0 Å². The van der Waals surface area contributed by atoms with Crippen molar-refractivity contribution in [2.75, 3.05) is 0 Å². The predicted molar refractivity (Wildman–Crippen MR) is 48.8 cm³/mol. The normalized spacial score (nSPS) is 29.1. The number of hydrogen-bond acceptors (Lipinski definition) is 1. The summed E-state index contributed by atoms with van der Waals surface area (Å²) in [6.07, 6.45) is 8.28. The average Bonchev–Trinajstić information content (AvgIpc) is 2.30. The number of carbonyl (C=O) groups excluding carboxylic acids is 1. The maximum absolute atomic E-state index is 11.4. The Morgan fingerprint density at radius 1 is 1.42 bits per heavy atom. The molecule has 0 aromatic carbocycles. The maximum Gasteiger partial charge on any atom is 0.163 e. The molecule has 2 rings (SSSR count). The summed E-state index contributed by atoms with van der Waals surface area (Å²) >= 11 is 0. The van der Waals surface area contributed by atoms with Crippen molar-refractivity contribution in [3.63, 3.8) is 0 Å². The molecule has 0 saturated carbocycles. The minimum absolute atomic E-state index is 0.356. The monoisotopic (exact) mass is 162 g/mol. The molecule has 0 aromatic rings. The van der Waals surface area contributed by atoms with Gasteiger partial charge in [0.2, 0.25) is 0 Å². The molecule has 0 aliphatic heterocycles. The van der Waals surface area contributed by atoms with Crippen molar-refractivity contribution in [1.82, 2.24) is 0 Å². The van der Waals surface area contributed by atoms with Crippen LogP contribution in [0.15, 0.2) is 23.3 Å². The molecule has 0 bridgehead atoms. The Bertz CT molecular complexity index is 271. The molecule has 2 aliphatic carbocycles. The minimum Gasteiger partial charge on any atom is -0.294 e. The van der Waals surface area contributed by atoms with E-state index >= 15 is 0 Å². The fraction of sp³-hybridized carbons (Fsp3) is 0.545. The first-order chi connectivity index (χ1) is 5.79. The lowest BCUT2D eigenvalue weighted by molar-refractivity contribution is -0.114. The van der Waals surface area contributed by atoms with Gasteiger partial charge in [-0.05, 0) is 25.2 Å². The third-order valence-corrected chi connectivity index (χ3v) is 2.91. The van der Waals surface area contributed by atoms with Crippen molar-refractivity contribution >= 4 is 5.78 Å². The van der Waals surface area contributed by atoms with Crippen LogP contribution in [0.25, 0.3) is 0 Å². The Morgan fingerprint density at radius 2 is 2.25 bits per heavy atom. The number of carbonyl (C=O) groups is 1. The molecule has 0 N–H and O–H groups in total. The zero-order chi connectivity index (χ0) is 8.55. The van der Waals surface area contributed by atoms with Crippen LogP contribution >= 0.6 is 0 Å². The van der Waals surface area contributed by atoms with Crippen molar-refractivity contribution in [2.24, 2.45) is 5.92 Å². The lowest BCUT2D eigenvalue weighted by atomic mass is 9.95. The van der Waals surface area contributed by atoms with Crippen molar-refractivity contribution in [1.29, 1.82) is 0 Å². The van der Waals surface area contributed by atoms with E-state index in [2.05, 4.69) is 13.0 Å². The highest BCUT2D eigenvalue weighted by atomic mass is 16.1. The van der Waals surface area contributed by atoms with Crippen LogP contribution in [0.2, 0.25) is 0 Å². The number of rotatable bonds is 0. The molecule has 1 heteroatoms. The highest BCUT2D eigenvalue weighted by Crippen LogP contribution is 2.34. The molecule has 0 spiro atoms. The van der Waals surface area contributed by atoms with E-state index in [0.29, 0.717) is 11.7 Å². The van der Waals surface area contributed by atoms with Crippen LogP contribution in [0.5, 0.6) is 0 Å². The first-order valence-corrected chi connectivity index (χ1v) is 4.72. The Balaban J connectivity index is 2.38. The molecule has 2 aliphatic rings. The molecular formula is C11H14O. The lowest BCUT2D eigenvalue weighted by Crippen LogP contribution is -1.97. The van der Waals surface area contributed by atoms with Gasteiger partial charge in [0.15, 0.2) is 5.78 Å². The summed E-state index contributed by atoms with van der Waals surface area (Å²) in [5.41, 5.74) is 2.44.